The molecule has 5 rings (SSSR count). The van der Waals surface area contributed by atoms with Crippen molar-refractivity contribution in [1.82, 2.24) is 10.2 Å². The summed E-state index contributed by atoms with van der Waals surface area (Å²) in [4.78, 5) is 28.3. The highest BCUT2D eigenvalue weighted by molar-refractivity contribution is 7.13. The van der Waals surface area contributed by atoms with Gasteiger partial charge in [-0.05, 0) is 42.3 Å². The summed E-state index contributed by atoms with van der Waals surface area (Å²) < 4.78 is 11.7. The molecule has 2 aromatic heterocycles. The number of hydrogen-bond acceptors (Lipinski definition) is 7. The molecule has 156 valence electrons. The highest BCUT2D eigenvalue weighted by Crippen LogP contribution is 2.42. The van der Waals surface area contributed by atoms with Crippen LogP contribution in [0.2, 0.25) is 5.02 Å². The van der Waals surface area contributed by atoms with Gasteiger partial charge in [-0.1, -0.05) is 42.0 Å². The second-order valence-electron chi connectivity index (χ2n) is 7.03. The molecule has 1 aliphatic heterocycles. The van der Waals surface area contributed by atoms with E-state index in [4.69, 9.17) is 20.8 Å². The van der Waals surface area contributed by atoms with E-state index in [1.807, 2.05) is 31.2 Å². The number of ether oxygens (including phenoxy) is 1. The number of benzene rings is 2. The van der Waals surface area contributed by atoms with E-state index in [-0.39, 0.29) is 16.8 Å². The van der Waals surface area contributed by atoms with Gasteiger partial charge in [0.2, 0.25) is 10.9 Å². The molecule has 2 aromatic carbocycles. The highest BCUT2D eigenvalue weighted by atomic mass is 35.5. The van der Waals surface area contributed by atoms with Gasteiger partial charge in [0.25, 0.3) is 5.91 Å². The van der Waals surface area contributed by atoms with Gasteiger partial charge in [-0.25, -0.2) is 0 Å². The van der Waals surface area contributed by atoms with Crippen molar-refractivity contribution >= 4 is 44.9 Å². The van der Waals surface area contributed by atoms with Crippen LogP contribution in [0, 0.1) is 0 Å². The van der Waals surface area contributed by atoms with Crippen LogP contribution in [0.5, 0.6) is 5.75 Å². The van der Waals surface area contributed by atoms with Crippen molar-refractivity contribution in [3.05, 3.63) is 80.1 Å². The van der Waals surface area contributed by atoms with E-state index in [9.17, 15) is 9.59 Å². The average Bonchev–Trinajstić information content (AvgIpc) is 3.40. The molecule has 0 radical (unpaired) electrons. The first-order valence-corrected chi connectivity index (χ1v) is 10.9. The molecule has 7 nitrogen and oxygen atoms in total. The van der Waals surface area contributed by atoms with E-state index in [0.29, 0.717) is 39.0 Å². The van der Waals surface area contributed by atoms with E-state index in [1.54, 1.807) is 18.2 Å². The third kappa shape index (κ3) is 3.28. The molecule has 0 saturated carbocycles. The van der Waals surface area contributed by atoms with Crippen LogP contribution in [0.4, 0.5) is 5.13 Å². The van der Waals surface area contributed by atoms with Crippen molar-refractivity contribution in [2.24, 2.45) is 0 Å². The molecule has 9 heteroatoms. The van der Waals surface area contributed by atoms with Gasteiger partial charge in [-0.2, -0.15) is 0 Å². The molecule has 0 N–H and O–H groups in total. The maximum Gasteiger partial charge on any atom is 0.297 e. The molecular weight excluding hydrogens is 438 g/mol. The summed E-state index contributed by atoms with van der Waals surface area (Å²) in [5.41, 5.74) is 2.50. The van der Waals surface area contributed by atoms with Gasteiger partial charge in [0.15, 0.2) is 5.43 Å². The monoisotopic (exact) mass is 453 g/mol. The fourth-order valence-corrected chi connectivity index (χ4v) is 4.48. The molecule has 0 saturated heterocycles. The quantitative estimate of drug-likeness (QED) is 0.430. The number of carbonyl (C=O) groups is 1. The van der Waals surface area contributed by atoms with Crippen molar-refractivity contribution in [2.75, 3.05) is 11.5 Å². The summed E-state index contributed by atoms with van der Waals surface area (Å²) in [7, 11) is 0. The Bertz CT molecular complexity index is 1350. The van der Waals surface area contributed by atoms with Crippen molar-refractivity contribution in [2.45, 2.75) is 19.4 Å². The number of nitrogens with zero attached hydrogens (tertiary/aromatic N) is 3. The third-order valence-electron chi connectivity index (χ3n) is 5.03. The predicted molar refractivity (Wildman–Crippen MR) is 118 cm³/mol. The first kappa shape index (κ1) is 19.7. The molecular formula is C22H16ClN3O4S. The Morgan fingerprint density at radius 1 is 1.23 bits per heavy atom. The number of rotatable bonds is 5. The van der Waals surface area contributed by atoms with Gasteiger partial charge < -0.3 is 9.15 Å². The Morgan fingerprint density at radius 2 is 2.10 bits per heavy atom. The van der Waals surface area contributed by atoms with E-state index in [2.05, 4.69) is 10.2 Å². The lowest BCUT2D eigenvalue weighted by Crippen LogP contribution is -2.29. The fourth-order valence-electron chi connectivity index (χ4n) is 3.72. The summed E-state index contributed by atoms with van der Waals surface area (Å²) >= 11 is 7.32. The summed E-state index contributed by atoms with van der Waals surface area (Å²) in [5.74, 6) is 0.219. The topological polar surface area (TPSA) is 85.5 Å². The number of halogens is 1. The largest absolute Gasteiger partial charge is 0.494 e. The molecule has 0 aliphatic carbocycles. The van der Waals surface area contributed by atoms with Gasteiger partial charge in [-0.3, -0.25) is 14.5 Å². The molecule has 0 spiro atoms. The number of fused-ring (bicyclic) bond motifs is 2. The first-order chi connectivity index (χ1) is 15.1. The van der Waals surface area contributed by atoms with Gasteiger partial charge in [0.05, 0.1) is 23.6 Å². The maximum atomic E-state index is 13.5. The third-order valence-corrected chi connectivity index (χ3v) is 5.96. The molecule has 31 heavy (non-hydrogen) atoms. The van der Waals surface area contributed by atoms with Gasteiger partial charge >= 0.3 is 0 Å². The van der Waals surface area contributed by atoms with Crippen molar-refractivity contribution in [3.8, 4) is 5.75 Å². The zero-order valence-corrected chi connectivity index (χ0v) is 17.9. The molecule has 1 unspecified atom stereocenters. The minimum Gasteiger partial charge on any atom is -0.494 e. The van der Waals surface area contributed by atoms with Gasteiger partial charge in [0.1, 0.15) is 16.8 Å². The van der Waals surface area contributed by atoms with E-state index in [1.165, 1.54) is 21.7 Å². The van der Waals surface area contributed by atoms with E-state index >= 15 is 0 Å². The molecule has 0 bridgehead atoms. The predicted octanol–water partition coefficient (Wildman–Crippen LogP) is 4.84. The van der Waals surface area contributed by atoms with E-state index in [0.717, 1.165) is 6.42 Å². The minimum atomic E-state index is -0.722. The summed E-state index contributed by atoms with van der Waals surface area (Å²) in [5, 5.41) is 9.05. The number of amides is 1. The Balaban J connectivity index is 1.75. The Kier molecular flexibility index (Phi) is 4.95. The molecule has 1 amide bonds. The Hall–Kier alpha value is -3.23. The standard InChI is InChI=1S/C22H16ClN3O4S/c1-2-8-29-14-5-3-4-12(9-14)18-17-19(27)15-10-13(23)6-7-16(15)30-20(17)21(28)26(18)22-25-24-11-31-22/h3-7,9-11,18H,2,8H2,1H3. The number of carbonyl (C=O) groups excluding carboxylic acids is 1. The summed E-state index contributed by atoms with van der Waals surface area (Å²) in [6.45, 7) is 2.59. The lowest BCUT2D eigenvalue weighted by molar-refractivity contribution is 0.0970. The van der Waals surface area contributed by atoms with Crippen LogP contribution in [0.1, 0.15) is 41.1 Å². The number of aromatic nitrogens is 2. The highest BCUT2D eigenvalue weighted by Gasteiger charge is 2.45. The first-order valence-electron chi connectivity index (χ1n) is 9.67. The molecule has 0 fully saturated rings. The fraction of sp³-hybridized carbons (Fsp3) is 0.182. The Morgan fingerprint density at radius 3 is 2.87 bits per heavy atom. The SMILES string of the molecule is CCCOc1cccc(C2c3c(oc4ccc(Cl)cc4c3=O)C(=O)N2c2nncs2)c1. The lowest BCUT2D eigenvalue weighted by Gasteiger charge is -2.22. The molecule has 1 aliphatic rings. The van der Waals surface area contributed by atoms with E-state index < -0.39 is 11.9 Å². The zero-order chi connectivity index (χ0) is 21.5. The number of hydrogen-bond donors (Lipinski definition) is 0. The Labute approximate surface area is 185 Å². The van der Waals surface area contributed by atoms with Crippen LogP contribution in [0.25, 0.3) is 11.0 Å². The van der Waals surface area contributed by atoms with Crippen molar-refractivity contribution in [1.29, 1.82) is 0 Å². The lowest BCUT2D eigenvalue weighted by atomic mass is 9.98. The van der Waals surface area contributed by atoms with Crippen LogP contribution in [-0.4, -0.2) is 22.7 Å². The average molecular weight is 454 g/mol. The van der Waals surface area contributed by atoms with Gasteiger partial charge in [0, 0.05) is 5.02 Å². The van der Waals surface area contributed by atoms with Crippen LogP contribution < -0.4 is 15.1 Å². The second-order valence-corrected chi connectivity index (χ2v) is 8.28. The van der Waals surface area contributed by atoms with Crippen molar-refractivity contribution in [3.63, 3.8) is 0 Å². The van der Waals surface area contributed by atoms with Gasteiger partial charge in [-0.15, -0.1) is 10.2 Å². The second kappa shape index (κ2) is 7.79. The zero-order valence-electron chi connectivity index (χ0n) is 16.4. The molecule has 3 heterocycles. The minimum absolute atomic E-state index is 0.0000907. The van der Waals surface area contributed by atoms with Crippen LogP contribution in [-0.2, 0) is 0 Å². The van der Waals surface area contributed by atoms with Crippen molar-refractivity contribution < 1.29 is 13.9 Å². The maximum absolute atomic E-state index is 13.5. The van der Waals surface area contributed by atoms with Crippen LogP contribution in [0.3, 0.4) is 0 Å². The summed E-state index contributed by atoms with van der Waals surface area (Å²) in [6.07, 6.45) is 0.863. The smallest absolute Gasteiger partial charge is 0.297 e. The van der Waals surface area contributed by atoms with Crippen LogP contribution >= 0.6 is 22.9 Å². The van der Waals surface area contributed by atoms with Crippen LogP contribution in [0.15, 0.2) is 57.2 Å². The summed E-state index contributed by atoms with van der Waals surface area (Å²) in [6, 6.07) is 11.4. The molecule has 1 atom stereocenters. The molecule has 4 aromatic rings. The normalized spacial score (nSPS) is 15.5. The number of anilines is 1.